The number of imidazole rings is 2. The van der Waals surface area contributed by atoms with Crippen LogP contribution in [0.3, 0.4) is 0 Å². The van der Waals surface area contributed by atoms with Gasteiger partial charge in [-0.3, -0.25) is 14.4 Å². The zero-order valence-electron chi connectivity index (χ0n) is 38.6. The molecular formula is C47H46ClF3K2N8O5. The van der Waals surface area contributed by atoms with Crippen molar-refractivity contribution in [2.45, 2.75) is 13.8 Å². The van der Waals surface area contributed by atoms with Gasteiger partial charge in [0.05, 0.1) is 17.1 Å². The van der Waals surface area contributed by atoms with Crippen LogP contribution < -0.4 is 129 Å². The van der Waals surface area contributed by atoms with E-state index in [1.165, 1.54) is 12.1 Å². The average Bonchev–Trinajstić information content (AvgIpc) is 3.89. The number of carbonyl (C=O) groups is 3. The molecule has 334 valence electrons. The van der Waals surface area contributed by atoms with Gasteiger partial charge in [0.2, 0.25) is 0 Å². The molecule has 0 aliphatic heterocycles. The summed E-state index contributed by atoms with van der Waals surface area (Å²) in [7, 11) is 7.26. The van der Waals surface area contributed by atoms with E-state index in [0.29, 0.717) is 17.1 Å². The molecule has 3 N–H and O–H groups in total. The van der Waals surface area contributed by atoms with Crippen LogP contribution in [0.15, 0.2) is 134 Å². The van der Waals surface area contributed by atoms with Gasteiger partial charge in [0.1, 0.15) is 17.1 Å². The van der Waals surface area contributed by atoms with Crippen molar-refractivity contribution in [1.29, 1.82) is 0 Å². The van der Waals surface area contributed by atoms with E-state index in [1.54, 1.807) is 43.3 Å². The monoisotopic (exact) mass is 972 g/mol. The maximum Gasteiger partial charge on any atom is 1.00 e. The van der Waals surface area contributed by atoms with Gasteiger partial charge >= 0.3 is 103 Å². The third-order valence-electron chi connectivity index (χ3n) is 8.99. The molecule has 0 spiro atoms. The van der Waals surface area contributed by atoms with E-state index in [0.717, 1.165) is 57.1 Å². The van der Waals surface area contributed by atoms with Gasteiger partial charge in [-0.25, -0.2) is 23.1 Å². The Balaban J connectivity index is 0.000000560. The van der Waals surface area contributed by atoms with Crippen LogP contribution in [0.4, 0.5) is 30.2 Å². The molecule has 8 rings (SSSR count). The maximum atomic E-state index is 14.1. The molecule has 0 radical (unpaired) electrons. The van der Waals surface area contributed by atoms with Gasteiger partial charge < -0.3 is 41.2 Å². The molecule has 0 saturated heterocycles. The fourth-order valence-corrected chi connectivity index (χ4v) is 5.99. The third-order valence-corrected chi connectivity index (χ3v) is 8.99. The van der Waals surface area contributed by atoms with Crippen molar-refractivity contribution in [2.24, 2.45) is 0 Å². The first kappa shape index (κ1) is 57.9. The molecule has 4 aromatic carbocycles. The van der Waals surface area contributed by atoms with E-state index in [1.807, 2.05) is 122 Å². The van der Waals surface area contributed by atoms with Crippen LogP contribution >= 0.6 is 12.4 Å². The Morgan fingerprint density at radius 2 is 1.03 bits per heavy atom. The first-order valence-corrected chi connectivity index (χ1v) is 19.2. The first-order valence-electron chi connectivity index (χ1n) is 19.2. The number of nitrogens with zero attached hydrogens (tertiary/aromatic N) is 5. The summed E-state index contributed by atoms with van der Waals surface area (Å²) in [5.41, 5.74) is 9.51. The van der Waals surface area contributed by atoms with E-state index >= 15 is 0 Å². The summed E-state index contributed by atoms with van der Waals surface area (Å²) in [5.74, 6) is -3.34. The van der Waals surface area contributed by atoms with Crippen LogP contribution in [0.1, 0.15) is 33.3 Å². The Morgan fingerprint density at radius 3 is 1.39 bits per heavy atom. The number of hydrogen-bond donors (Lipinski definition) is 3. The molecular weight excluding hydrogens is 927 g/mol. The summed E-state index contributed by atoms with van der Waals surface area (Å²) in [6.45, 7) is 3.88. The number of anilines is 3. The maximum absolute atomic E-state index is 14.1. The van der Waals surface area contributed by atoms with Gasteiger partial charge in [-0.1, -0.05) is 36.4 Å². The Bertz CT molecular complexity index is 2850. The topological polar surface area (TPSA) is 157 Å². The largest absolute Gasteiger partial charge is 1.00 e. The molecule has 19 heteroatoms. The second kappa shape index (κ2) is 28.2. The minimum Gasteiger partial charge on any atom is -1.00 e. The number of fused-ring (bicyclic) bond motifs is 2. The fraction of sp³-hybridized carbons (Fsp3) is 0.128. The average molecular weight is 974 g/mol. The van der Waals surface area contributed by atoms with Gasteiger partial charge in [-0.15, -0.1) is 12.4 Å². The van der Waals surface area contributed by atoms with Crippen molar-refractivity contribution in [3.8, 4) is 22.5 Å². The smallest absolute Gasteiger partial charge is 1.00 e. The van der Waals surface area contributed by atoms with E-state index in [-0.39, 0.29) is 140 Å². The second-order valence-corrected chi connectivity index (χ2v) is 14.1. The SMILES string of the molecule is CNC.Cc1ccc2nc(-c3ccc(NC(=O)c4ccc(F)c(F)c4)cc3)cn2c1.Cc1ccc2nc(-c3ccc(NC(=O)c4ccc(N(C)C)c(F)c4)cc3)cn2c1.Cl.O=CO[O-].[H-].[K+].[K+]. The number of aromatic nitrogens is 4. The Hall–Kier alpha value is -4.26. The standard InChI is InChI=1S/C23H21FN4O.C21H15F2N3O.C2H7N.CH2O3.ClH.2K.H/c1-15-4-11-22-26-20(14-28(22)13-15)16-5-8-18(9-6-16)25-23(29)17-7-10-21(27(2)3)19(24)12-17;1-13-2-9-20-25-19(12-26(20)11-13)14-3-6-16(7-4-14)24-21(27)15-5-8-17(22)18(23)10-15;1-3-2;2-1-4-3;;;;/h4-14H,1-3H3,(H,25,29);2-12H,1H3,(H,24,27);3H,1-2H3;1,3H;1H;;;/q;;;;;2*+1;-1/p-1. The minimum atomic E-state index is -1.06. The normalized spacial score (nSPS) is 9.85. The number of halogens is 4. The summed E-state index contributed by atoms with van der Waals surface area (Å²) in [6, 6.07) is 30.1. The van der Waals surface area contributed by atoms with Gasteiger partial charge in [0.15, 0.2) is 11.6 Å². The Morgan fingerprint density at radius 1 is 0.636 bits per heavy atom. The van der Waals surface area contributed by atoms with Crippen LogP contribution in [-0.4, -0.2) is 65.2 Å². The van der Waals surface area contributed by atoms with Crippen molar-refractivity contribution < 1.29 is 142 Å². The predicted octanol–water partition coefficient (Wildman–Crippen LogP) is 2.42. The number of rotatable bonds is 8. The van der Waals surface area contributed by atoms with Crippen LogP contribution in [0.5, 0.6) is 0 Å². The van der Waals surface area contributed by atoms with Gasteiger partial charge in [-0.2, -0.15) is 0 Å². The molecule has 0 bridgehead atoms. The number of amides is 2. The molecule has 0 fully saturated rings. The molecule has 0 aliphatic carbocycles. The van der Waals surface area contributed by atoms with Gasteiger partial charge in [0, 0.05) is 72.5 Å². The quantitative estimate of drug-likeness (QED) is 0.0902. The number of carbonyl (C=O) groups excluding carboxylic acids is 3. The predicted molar refractivity (Wildman–Crippen MR) is 244 cm³/mol. The van der Waals surface area contributed by atoms with E-state index in [2.05, 4.69) is 30.8 Å². The van der Waals surface area contributed by atoms with Crippen molar-refractivity contribution in [1.82, 2.24) is 24.1 Å². The number of nitrogens with one attached hydrogen (secondary N) is 3. The van der Waals surface area contributed by atoms with Gasteiger partial charge in [0.25, 0.3) is 18.3 Å². The zero-order chi connectivity index (χ0) is 45.6. The van der Waals surface area contributed by atoms with Crippen LogP contribution in [0.2, 0.25) is 0 Å². The van der Waals surface area contributed by atoms with Crippen LogP contribution in [-0.2, 0) is 9.68 Å². The first-order chi connectivity index (χ1) is 30.2. The molecule has 8 aromatic rings. The van der Waals surface area contributed by atoms with Crippen LogP contribution in [0.25, 0.3) is 33.8 Å². The fourth-order valence-electron chi connectivity index (χ4n) is 5.99. The van der Waals surface area contributed by atoms with Crippen molar-refractivity contribution in [2.75, 3.05) is 43.7 Å². The minimum absolute atomic E-state index is 0. The van der Waals surface area contributed by atoms with E-state index in [9.17, 15) is 22.8 Å². The summed E-state index contributed by atoms with van der Waals surface area (Å²) in [5, 5.41) is 16.6. The molecule has 66 heavy (non-hydrogen) atoms. The summed E-state index contributed by atoms with van der Waals surface area (Å²) >= 11 is 0. The molecule has 4 heterocycles. The third kappa shape index (κ3) is 16.2. The molecule has 4 aromatic heterocycles. The van der Waals surface area contributed by atoms with E-state index < -0.39 is 23.4 Å². The molecule has 2 amide bonds. The number of hydrogen-bond acceptors (Lipinski definition) is 9. The molecule has 0 saturated carbocycles. The molecule has 0 unspecified atom stereocenters. The molecule has 13 nitrogen and oxygen atoms in total. The zero-order valence-corrected chi connectivity index (χ0v) is 44.7. The van der Waals surface area contributed by atoms with Crippen molar-refractivity contribution in [3.05, 3.63) is 174 Å². The number of benzene rings is 4. The number of aryl methyl sites for hydroxylation is 2. The summed E-state index contributed by atoms with van der Waals surface area (Å²) in [6.07, 6.45) is 7.95. The van der Waals surface area contributed by atoms with Gasteiger partial charge in [-0.05, 0) is 112 Å². The summed E-state index contributed by atoms with van der Waals surface area (Å²) in [4.78, 5) is 46.7. The molecule has 0 atom stereocenters. The Kier molecular flexibility index (Phi) is 24.7. The number of pyridine rings is 2. The molecule has 0 aliphatic rings. The van der Waals surface area contributed by atoms with Crippen molar-refractivity contribution >= 4 is 59.1 Å². The van der Waals surface area contributed by atoms with E-state index in [4.69, 9.17) is 10.1 Å². The second-order valence-electron chi connectivity index (χ2n) is 14.1. The van der Waals surface area contributed by atoms with Crippen LogP contribution in [0, 0.1) is 31.3 Å². The Labute approximate surface area is 472 Å². The van der Waals surface area contributed by atoms with Crippen molar-refractivity contribution in [3.63, 3.8) is 0 Å². The summed E-state index contributed by atoms with van der Waals surface area (Å²) < 4.78 is 44.3.